The van der Waals surface area contributed by atoms with Crippen LogP contribution in [-0.2, 0) is 4.79 Å². The van der Waals surface area contributed by atoms with Gasteiger partial charge in [-0.2, -0.15) is 4.98 Å². The minimum Gasteiger partial charge on any atom is -0.494 e. The van der Waals surface area contributed by atoms with Crippen molar-refractivity contribution in [1.29, 1.82) is 0 Å². The van der Waals surface area contributed by atoms with E-state index in [0.29, 0.717) is 40.5 Å². The normalized spacial score (nSPS) is 13.9. The number of aromatic nitrogens is 2. The number of nitrogens with one attached hydrogen (secondary N) is 2. The highest BCUT2D eigenvalue weighted by molar-refractivity contribution is 6.33. The van der Waals surface area contributed by atoms with Crippen molar-refractivity contribution in [3.63, 3.8) is 0 Å². The van der Waals surface area contributed by atoms with E-state index in [2.05, 4.69) is 57.1 Å². The summed E-state index contributed by atoms with van der Waals surface area (Å²) in [5, 5.41) is 16.0. The molecule has 9 nitrogen and oxygen atoms in total. The van der Waals surface area contributed by atoms with Gasteiger partial charge in [-0.15, -0.1) is 0 Å². The Bertz CT molecular complexity index is 1290. The van der Waals surface area contributed by atoms with Crippen molar-refractivity contribution in [3.8, 4) is 5.75 Å². The highest BCUT2D eigenvalue weighted by atomic mass is 35.5. The number of rotatable bonds is 9. The van der Waals surface area contributed by atoms with E-state index in [1.165, 1.54) is 6.20 Å². The summed E-state index contributed by atoms with van der Waals surface area (Å²) in [6.07, 6.45) is 3.71. The molecule has 0 saturated carbocycles. The molecule has 2 aromatic carbocycles. The lowest BCUT2D eigenvalue weighted by Gasteiger charge is -2.36. The Morgan fingerprint density at radius 3 is 2.57 bits per heavy atom. The molecule has 0 atom stereocenters. The van der Waals surface area contributed by atoms with Crippen LogP contribution < -0.4 is 20.3 Å². The number of ether oxygens (including phenoxy) is 1. The first-order chi connectivity index (χ1) is 17.8. The number of benzene rings is 2. The van der Waals surface area contributed by atoms with Crippen molar-refractivity contribution in [2.45, 2.75) is 18.9 Å². The SMILES string of the molecule is C=C(C(=O)O)c1ccccc1Nc1nc(Nc2ccc(N3CCC(N(C)C)CC3)cc2OC)ncc1Cl. The standard InChI is InChI=1S/C27H31ClN6O3/c1-17(26(35)36)20-7-5-6-8-22(20)30-25-21(28)16-29-27(32-25)31-23-10-9-19(15-24(23)37-4)34-13-11-18(12-14-34)33(2)3/h5-10,15-16,18H,1,11-14H2,2-4H3,(H,35,36)(H2,29,30,31,32). The zero-order chi connectivity index (χ0) is 26.5. The number of para-hydroxylation sites is 1. The van der Waals surface area contributed by atoms with Crippen molar-refractivity contribution in [2.75, 3.05) is 49.8 Å². The van der Waals surface area contributed by atoms with E-state index in [1.54, 1.807) is 31.4 Å². The second-order valence-corrected chi connectivity index (χ2v) is 9.44. The van der Waals surface area contributed by atoms with E-state index in [0.717, 1.165) is 31.6 Å². The van der Waals surface area contributed by atoms with Gasteiger partial charge in [-0.1, -0.05) is 36.4 Å². The molecule has 1 saturated heterocycles. The quantitative estimate of drug-likeness (QED) is 0.325. The zero-order valence-corrected chi connectivity index (χ0v) is 21.9. The molecule has 194 valence electrons. The van der Waals surface area contributed by atoms with Gasteiger partial charge in [0.2, 0.25) is 5.95 Å². The second-order valence-electron chi connectivity index (χ2n) is 9.04. The topological polar surface area (TPSA) is 103 Å². The summed E-state index contributed by atoms with van der Waals surface area (Å²) in [5.41, 5.74) is 2.73. The smallest absolute Gasteiger partial charge is 0.335 e. The van der Waals surface area contributed by atoms with Gasteiger partial charge in [0.25, 0.3) is 0 Å². The number of methoxy groups -OCH3 is 1. The highest BCUT2D eigenvalue weighted by Gasteiger charge is 2.22. The molecule has 0 bridgehead atoms. The zero-order valence-electron chi connectivity index (χ0n) is 21.2. The van der Waals surface area contributed by atoms with Crippen molar-refractivity contribution in [1.82, 2.24) is 14.9 Å². The van der Waals surface area contributed by atoms with Gasteiger partial charge >= 0.3 is 5.97 Å². The van der Waals surface area contributed by atoms with E-state index in [1.807, 2.05) is 12.1 Å². The summed E-state index contributed by atoms with van der Waals surface area (Å²) in [6.45, 7) is 5.64. The summed E-state index contributed by atoms with van der Waals surface area (Å²) in [4.78, 5) is 24.9. The Labute approximate surface area is 221 Å². The molecule has 1 fully saturated rings. The van der Waals surface area contributed by atoms with Crippen molar-refractivity contribution < 1.29 is 14.6 Å². The van der Waals surface area contributed by atoms with Crippen LogP contribution in [0.3, 0.4) is 0 Å². The summed E-state index contributed by atoms with van der Waals surface area (Å²) in [6, 6.07) is 13.6. The maximum atomic E-state index is 11.4. The maximum absolute atomic E-state index is 11.4. The third-order valence-corrected chi connectivity index (χ3v) is 6.78. The lowest BCUT2D eigenvalue weighted by Crippen LogP contribution is -2.41. The molecule has 1 aliphatic heterocycles. The number of carbonyl (C=O) groups is 1. The number of hydrogen-bond donors (Lipinski definition) is 3. The lowest BCUT2D eigenvalue weighted by atomic mass is 10.0. The Morgan fingerprint density at radius 1 is 1.16 bits per heavy atom. The lowest BCUT2D eigenvalue weighted by molar-refractivity contribution is -0.130. The third-order valence-electron chi connectivity index (χ3n) is 6.50. The van der Waals surface area contributed by atoms with Crippen LogP contribution in [0.4, 0.5) is 28.8 Å². The molecule has 2 heterocycles. The molecular weight excluding hydrogens is 492 g/mol. The van der Waals surface area contributed by atoms with Gasteiger partial charge in [0.15, 0.2) is 5.82 Å². The van der Waals surface area contributed by atoms with Gasteiger partial charge in [0.05, 0.1) is 24.6 Å². The maximum Gasteiger partial charge on any atom is 0.335 e. The molecule has 0 radical (unpaired) electrons. The van der Waals surface area contributed by atoms with E-state index in [9.17, 15) is 9.90 Å². The number of carboxylic acids is 1. The minimum atomic E-state index is -1.11. The predicted octanol–water partition coefficient (Wildman–Crippen LogP) is 5.25. The summed E-state index contributed by atoms with van der Waals surface area (Å²) >= 11 is 6.35. The van der Waals surface area contributed by atoms with Gasteiger partial charge in [-0.25, -0.2) is 9.78 Å². The first kappa shape index (κ1) is 26.2. The number of piperidine rings is 1. The third kappa shape index (κ3) is 6.12. The van der Waals surface area contributed by atoms with Crippen LogP contribution in [0.25, 0.3) is 5.57 Å². The molecule has 4 rings (SSSR count). The molecule has 3 aromatic rings. The molecule has 0 spiro atoms. The Hall–Kier alpha value is -3.82. The molecule has 37 heavy (non-hydrogen) atoms. The highest BCUT2D eigenvalue weighted by Crippen LogP contribution is 2.34. The summed E-state index contributed by atoms with van der Waals surface area (Å²) in [7, 11) is 5.90. The van der Waals surface area contributed by atoms with Crippen LogP contribution in [-0.4, -0.2) is 66.3 Å². The largest absolute Gasteiger partial charge is 0.494 e. The molecule has 0 amide bonds. The van der Waals surface area contributed by atoms with E-state index in [4.69, 9.17) is 16.3 Å². The van der Waals surface area contributed by atoms with Gasteiger partial charge in [0.1, 0.15) is 10.8 Å². The minimum absolute atomic E-state index is 0.0395. The number of hydrogen-bond acceptors (Lipinski definition) is 8. The van der Waals surface area contributed by atoms with Crippen LogP contribution in [0, 0.1) is 0 Å². The van der Waals surface area contributed by atoms with E-state index >= 15 is 0 Å². The summed E-state index contributed by atoms with van der Waals surface area (Å²) < 4.78 is 5.66. The van der Waals surface area contributed by atoms with Crippen molar-refractivity contribution >= 4 is 52.0 Å². The number of aliphatic carboxylic acids is 1. The van der Waals surface area contributed by atoms with Crippen LogP contribution >= 0.6 is 11.6 Å². The van der Waals surface area contributed by atoms with Crippen LogP contribution in [0.5, 0.6) is 5.75 Å². The predicted molar refractivity (Wildman–Crippen MR) is 149 cm³/mol. The van der Waals surface area contributed by atoms with Crippen LogP contribution in [0.15, 0.2) is 55.2 Å². The van der Waals surface area contributed by atoms with Crippen molar-refractivity contribution in [2.24, 2.45) is 0 Å². The molecule has 3 N–H and O–H groups in total. The average Bonchev–Trinajstić information content (AvgIpc) is 2.90. The molecule has 1 aromatic heterocycles. The number of anilines is 5. The van der Waals surface area contributed by atoms with Gasteiger partial charge in [0, 0.05) is 42.1 Å². The molecular formula is C27H31ClN6O3. The van der Waals surface area contributed by atoms with Gasteiger partial charge in [-0.05, 0) is 45.1 Å². The Balaban J connectivity index is 1.53. The number of carboxylic acid groups (broad SMARTS) is 1. The Morgan fingerprint density at radius 2 is 1.89 bits per heavy atom. The molecule has 1 aliphatic rings. The first-order valence-electron chi connectivity index (χ1n) is 11.9. The van der Waals surface area contributed by atoms with Crippen LogP contribution in [0.2, 0.25) is 5.02 Å². The van der Waals surface area contributed by atoms with Gasteiger partial charge < -0.3 is 30.3 Å². The number of halogens is 1. The molecule has 0 aliphatic carbocycles. The second kappa shape index (κ2) is 11.5. The number of nitrogens with zero attached hydrogens (tertiary/aromatic N) is 4. The fourth-order valence-corrected chi connectivity index (χ4v) is 4.49. The Kier molecular flexibility index (Phi) is 8.15. The average molecular weight is 523 g/mol. The van der Waals surface area contributed by atoms with E-state index in [-0.39, 0.29) is 10.6 Å². The first-order valence-corrected chi connectivity index (χ1v) is 12.3. The molecule has 0 unspecified atom stereocenters. The van der Waals surface area contributed by atoms with Gasteiger partial charge in [-0.3, -0.25) is 0 Å². The molecule has 10 heteroatoms. The van der Waals surface area contributed by atoms with Crippen molar-refractivity contribution in [3.05, 3.63) is 65.8 Å². The fourth-order valence-electron chi connectivity index (χ4n) is 4.35. The van der Waals surface area contributed by atoms with Crippen LogP contribution in [0.1, 0.15) is 18.4 Å². The fraction of sp³-hybridized carbons (Fsp3) is 0.296. The summed E-state index contributed by atoms with van der Waals surface area (Å²) in [5.74, 6) is 0.190. The van der Waals surface area contributed by atoms with E-state index < -0.39 is 5.97 Å². The monoisotopic (exact) mass is 522 g/mol.